The van der Waals surface area contributed by atoms with Crippen LogP contribution in [-0.4, -0.2) is 51.5 Å². The molecular weight excluding hydrogens is 384 g/mol. The molecule has 0 bridgehead atoms. The van der Waals surface area contributed by atoms with Gasteiger partial charge >= 0.3 is 6.09 Å². The van der Waals surface area contributed by atoms with Gasteiger partial charge in [-0.2, -0.15) is 4.99 Å². The molecular formula is C21H28N6O3. The van der Waals surface area contributed by atoms with Crippen molar-refractivity contribution in [2.45, 2.75) is 46.1 Å². The molecule has 1 atom stereocenters. The van der Waals surface area contributed by atoms with E-state index in [9.17, 15) is 9.59 Å². The quantitative estimate of drug-likeness (QED) is 0.577. The van der Waals surface area contributed by atoms with Crippen LogP contribution in [0.25, 0.3) is 10.9 Å². The summed E-state index contributed by atoms with van der Waals surface area (Å²) in [5.74, 6) is -0.576. The number of piperidine rings is 1. The Labute approximate surface area is 175 Å². The molecule has 9 nitrogen and oxygen atoms in total. The highest BCUT2D eigenvalue weighted by molar-refractivity contribution is 5.98. The van der Waals surface area contributed by atoms with Crippen molar-refractivity contribution in [2.75, 3.05) is 13.1 Å². The number of guanidine groups is 1. The smallest absolute Gasteiger partial charge is 0.410 e. The second-order valence-electron chi connectivity index (χ2n) is 8.38. The third kappa shape index (κ3) is 5.43. The number of fused-ring (bicyclic) bond motifs is 1. The first-order valence-electron chi connectivity index (χ1n) is 9.99. The van der Waals surface area contributed by atoms with Gasteiger partial charge in [-0.15, -0.1) is 0 Å². The standard InChI is InChI=1S/C21H28N6O3/c1-13-15-9-5-6-10-16(15)24-19(23-13)26-18(22)25-17(28)14-8-7-11-27(12-14)20(29)30-21(2,3)4/h5-6,9-10,14H,7-8,11-12H2,1-4H3,(H3,22,23,24,25,26,28). The number of benzene rings is 1. The molecule has 0 spiro atoms. The summed E-state index contributed by atoms with van der Waals surface area (Å²) in [6.07, 6.45) is 0.951. The van der Waals surface area contributed by atoms with Crippen molar-refractivity contribution < 1.29 is 14.3 Å². The fourth-order valence-electron chi connectivity index (χ4n) is 3.32. The van der Waals surface area contributed by atoms with Crippen molar-refractivity contribution in [1.82, 2.24) is 20.2 Å². The zero-order chi connectivity index (χ0) is 21.9. The summed E-state index contributed by atoms with van der Waals surface area (Å²) in [5, 5.41) is 3.54. The highest BCUT2D eigenvalue weighted by Crippen LogP contribution is 2.20. The van der Waals surface area contributed by atoms with Crippen LogP contribution >= 0.6 is 0 Å². The van der Waals surface area contributed by atoms with Gasteiger partial charge in [0.25, 0.3) is 5.95 Å². The predicted molar refractivity (Wildman–Crippen MR) is 114 cm³/mol. The molecule has 0 aliphatic carbocycles. The van der Waals surface area contributed by atoms with E-state index in [1.54, 1.807) is 4.90 Å². The number of hydrogen-bond donors (Lipinski definition) is 2. The summed E-state index contributed by atoms with van der Waals surface area (Å²) < 4.78 is 5.40. The summed E-state index contributed by atoms with van der Waals surface area (Å²) >= 11 is 0. The van der Waals surface area contributed by atoms with Crippen LogP contribution in [0.1, 0.15) is 39.3 Å². The number of nitrogens with zero attached hydrogens (tertiary/aromatic N) is 4. The molecule has 2 heterocycles. The van der Waals surface area contributed by atoms with E-state index < -0.39 is 11.7 Å². The van der Waals surface area contributed by atoms with Crippen molar-refractivity contribution in [1.29, 1.82) is 0 Å². The predicted octanol–water partition coefficient (Wildman–Crippen LogP) is 2.65. The number of aliphatic imine (C=N–C) groups is 1. The van der Waals surface area contributed by atoms with Crippen LogP contribution in [0.15, 0.2) is 29.3 Å². The molecule has 0 radical (unpaired) electrons. The van der Waals surface area contributed by atoms with Crippen LogP contribution in [0.5, 0.6) is 0 Å². The maximum atomic E-state index is 12.6. The lowest BCUT2D eigenvalue weighted by Crippen LogP contribution is -2.49. The Hall–Kier alpha value is -3.23. The molecule has 0 saturated carbocycles. The number of aromatic nitrogens is 2. The molecule has 9 heteroatoms. The molecule has 1 aromatic carbocycles. The van der Waals surface area contributed by atoms with Crippen LogP contribution in [-0.2, 0) is 9.53 Å². The molecule has 1 aliphatic rings. The third-order valence-electron chi connectivity index (χ3n) is 4.70. The Balaban J connectivity index is 1.65. The summed E-state index contributed by atoms with van der Waals surface area (Å²) in [5.41, 5.74) is 6.87. The second kappa shape index (κ2) is 8.64. The molecule has 2 amide bonds. The molecule has 1 unspecified atom stereocenters. The lowest BCUT2D eigenvalue weighted by atomic mass is 9.97. The first kappa shape index (κ1) is 21.5. The SMILES string of the molecule is Cc1nc(/N=C(\N)NC(=O)C2CCCN(C(=O)OC(C)(C)C)C2)nc2ccccc12. The van der Waals surface area contributed by atoms with Crippen molar-refractivity contribution in [2.24, 2.45) is 16.6 Å². The molecule has 2 aromatic rings. The Morgan fingerprint density at radius 3 is 2.73 bits per heavy atom. The zero-order valence-electron chi connectivity index (χ0n) is 17.8. The molecule has 30 heavy (non-hydrogen) atoms. The lowest BCUT2D eigenvalue weighted by molar-refractivity contribution is -0.125. The van der Waals surface area contributed by atoms with Crippen LogP contribution in [0.2, 0.25) is 0 Å². The average Bonchev–Trinajstić information content (AvgIpc) is 2.66. The van der Waals surface area contributed by atoms with Crippen LogP contribution < -0.4 is 11.1 Å². The Morgan fingerprint density at radius 1 is 1.27 bits per heavy atom. The van der Waals surface area contributed by atoms with E-state index >= 15 is 0 Å². The Bertz CT molecular complexity index is 982. The largest absolute Gasteiger partial charge is 0.444 e. The minimum absolute atomic E-state index is 0.0796. The maximum Gasteiger partial charge on any atom is 0.410 e. The molecule has 1 fully saturated rings. The number of amides is 2. The van der Waals surface area contributed by atoms with E-state index in [1.807, 2.05) is 52.0 Å². The van der Waals surface area contributed by atoms with E-state index in [-0.39, 0.29) is 30.3 Å². The maximum absolute atomic E-state index is 12.6. The fourth-order valence-corrected chi connectivity index (χ4v) is 3.32. The van der Waals surface area contributed by atoms with Crippen molar-refractivity contribution in [3.63, 3.8) is 0 Å². The Kier molecular flexibility index (Phi) is 6.19. The molecule has 1 aliphatic heterocycles. The number of nitrogens with one attached hydrogen (secondary N) is 1. The number of nitrogens with two attached hydrogens (primary N) is 1. The van der Waals surface area contributed by atoms with Gasteiger partial charge in [-0.3, -0.25) is 10.1 Å². The summed E-state index contributed by atoms with van der Waals surface area (Å²) in [6.45, 7) is 8.14. The zero-order valence-corrected chi connectivity index (χ0v) is 17.8. The number of carbonyl (C=O) groups is 2. The first-order chi connectivity index (χ1) is 14.1. The number of ether oxygens (including phenoxy) is 1. The van der Waals surface area contributed by atoms with Crippen LogP contribution in [0.4, 0.5) is 10.7 Å². The van der Waals surface area contributed by atoms with Crippen molar-refractivity contribution in [3.05, 3.63) is 30.0 Å². The van der Waals surface area contributed by atoms with E-state index in [4.69, 9.17) is 10.5 Å². The van der Waals surface area contributed by atoms with Crippen LogP contribution in [0, 0.1) is 12.8 Å². The van der Waals surface area contributed by atoms with Gasteiger partial charge < -0.3 is 15.4 Å². The molecule has 1 saturated heterocycles. The van der Waals surface area contributed by atoms with Gasteiger partial charge in [0.05, 0.1) is 17.1 Å². The second-order valence-corrected chi connectivity index (χ2v) is 8.38. The van der Waals surface area contributed by atoms with Crippen molar-refractivity contribution >= 4 is 34.8 Å². The van der Waals surface area contributed by atoms with Gasteiger partial charge in [0.1, 0.15) is 5.60 Å². The topological polar surface area (TPSA) is 123 Å². The van der Waals surface area contributed by atoms with Crippen LogP contribution in [0.3, 0.4) is 0 Å². The fraction of sp³-hybridized carbons (Fsp3) is 0.476. The van der Waals surface area contributed by atoms with Gasteiger partial charge in [-0.25, -0.2) is 14.8 Å². The normalized spacial score (nSPS) is 17.7. The van der Waals surface area contributed by atoms with E-state index in [1.165, 1.54) is 0 Å². The Morgan fingerprint density at radius 2 is 2.00 bits per heavy atom. The number of para-hydroxylation sites is 1. The minimum Gasteiger partial charge on any atom is -0.444 e. The first-order valence-corrected chi connectivity index (χ1v) is 9.99. The third-order valence-corrected chi connectivity index (χ3v) is 4.70. The summed E-state index contributed by atoms with van der Waals surface area (Å²) in [6, 6.07) is 7.60. The van der Waals surface area contributed by atoms with E-state index in [2.05, 4.69) is 20.3 Å². The summed E-state index contributed by atoms with van der Waals surface area (Å²) in [4.78, 5) is 39.3. The average molecular weight is 412 g/mol. The molecule has 1 aromatic heterocycles. The van der Waals surface area contributed by atoms with E-state index in [0.29, 0.717) is 19.4 Å². The monoisotopic (exact) mass is 412 g/mol. The van der Waals surface area contributed by atoms with Gasteiger partial charge in [-0.1, -0.05) is 18.2 Å². The number of rotatable bonds is 2. The highest BCUT2D eigenvalue weighted by atomic mass is 16.6. The molecule has 3 N–H and O–H groups in total. The molecule has 160 valence electrons. The number of hydrogen-bond acceptors (Lipinski definition) is 6. The van der Waals surface area contributed by atoms with Gasteiger partial charge in [0.15, 0.2) is 0 Å². The number of carbonyl (C=O) groups excluding carboxylic acids is 2. The summed E-state index contributed by atoms with van der Waals surface area (Å²) in [7, 11) is 0. The molecule has 3 rings (SSSR count). The van der Waals surface area contributed by atoms with Gasteiger partial charge in [0, 0.05) is 18.5 Å². The van der Waals surface area contributed by atoms with Crippen molar-refractivity contribution in [3.8, 4) is 0 Å². The number of likely N-dealkylation sites (tertiary alicyclic amines) is 1. The van der Waals surface area contributed by atoms with Gasteiger partial charge in [0.2, 0.25) is 11.9 Å². The van der Waals surface area contributed by atoms with E-state index in [0.717, 1.165) is 16.6 Å². The number of aryl methyl sites for hydroxylation is 1. The minimum atomic E-state index is -0.582. The lowest BCUT2D eigenvalue weighted by Gasteiger charge is -2.33. The van der Waals surface area contributed by atoms with Gasteiger partial charge in [-0.05, 0) is 46.6 Å². The highest BCUT2D eigenvalue weighted by Gasteiger charge is 2.31.